The highest BCUT2D eigenvalue weighted by molar-refractivity contribution is 5.35. The molecule has 19 atom stereocenters. The van der Waals surface area contributed by atoms with Gasteiger partial charge in [0, 0.05) is 5.41 Å². The Morgan fingerprint density at radius 2 is 1.20 bits per heavy atom. The van der Waals surface area contributed by atoms with Crippen LogP contribution in [0.15, 0.2) is 11.6 Å². The summed E-state index contributed by atoms with van der Waals surface area (Å²) in [6.07, 6.45) is -4.61. The van der Waals surface area contributed by atoms with E-state index >= 15 is 0 Å². The molecule has 4 saturated carbocycles. The van der Waals surface area contributed by atoms with E-state index in [1.165, 1.54) is 5.57 Å². The summed E-state index contributed by atoms with van der Waals surface area (Å²) in [7, 11) is 0. The van der Waals surface area contributed by atoms with Gasteiger partial charge in [0.25, 0.3) is 0 Å². The fourth-order valence-electron chi connectivity index (χ4n) is 13.8. The molecule has 0 aromatic heterocycles. The number of rotatable bonds is 7. The molecule has 0 aromatic rings. The van der Waals surface area contributed by atoms with Crippen LogP contribution in [0.4, 0.5) is 0 Å². The van der Waals surface area contributed by atoms with Gasteiger partial charge in [0.15, 0.2) is 12.6 Å². The summed E-state index contributed by atoms with van der Waals surface area (Å²) in [4.78, 5) is 0. The second-order valence-corrected chi connectivity index (χ2v) is 20.8. The van der Waals surface area contributed by atoms with Gasteiger partial charge in [0.1, 0.15) is 48.8 Å². The van der Waals surface area contributed by atoms with Gasteiger partial charge in [-0.2, -0.15) is 0 Å². The first-order valence-corrected chi connectivity index (χ1v) is 20.9. The molecule has 0 amide bonds. The van der Waals surface area contributed by atoms with E-state index < -0.39 is 86.1 Å². The summed E-state index contributed by atoms with van der Waals surface area (Å²) in [6, 6.07) is 0. The minimum atomic E-state index is -1.56. The highest BCUT2D eigenvalue weighted by Gasteiger charge is 2.71. The van der Waals surface area contributed by atoms with Gasteiger partial charge >= 0.3 is 0 Å². The summed E-state index contributed by atoms with van der Waals surface area (Å²) in [5.74, 6) is 0.540. The lowest BCUT2D eigenvalue weighted by atomic mass is 9.33. The van der Waals surface area contributed by atoms with E-state index in [2.05, 4.69) is 54.5 Å². The third kappa shape index (κ3) is 6.27. The van der Waals surface area contributed by atoms with Crippen LogP contribution in [-0.4, -0.2) is 139 Å². The van der Waals surface area contributed by atoms with Gasteiger partial charge in [0.05, 0.1) is 32.0 Å². The molecule has 13 heteroatoms. The Balaban J connectivity index is 1.21. The van der Waals surface area contributed by atoms with Gasteiger partial charge in [-0.15, -0.1) is 0 Å². The molecule has 6 fully saturated rings. The van der Waals surface area contributed by atoms with Crippen molar-refractivity contribution in [3.63, 3.8) is 0 Å². The van der Waals surface area contributed by atoms with Gasteiger partial charge < -0.3 is 64.9 Å². The van der Waals surface area contributed by atoms with Crippen LogP contribution in [0.1, 0.15) is 106 Å². The van der Waals surface area contributed by atoms with Crippen LogP contribution >= 0.6 is 0 Å². The van der Waals surface area contributed by atoms with E-state index in [0.29, 0.717) is 12.8 Å². The SMILES string of the molecule is CC1(C)CC[C@]2(CO)[C@@H](O[C@@H]3O[C@H](CO)[C@@H](O)[C@H](O)[C@H]3O)C[C@]3(C)C(=CC[C@@H]4[C@@]5(C)CC[C@H](O[C@@H]6O[C@H](CO)[C@@H](O)[C@H](O)[C@H]6O)C(C)(C)[C@@H]5CC[C@]43C)[C@@H]2C1. The molecule has 5 aliphatic carbocycles. The van der Waals surface area contributed by atoms with Crippen molar-refractivity contribution in [2.24, 2.45) is 50.2 Å². The van der Waals surface area contributed by atoms with Crippen LogP contribution in [0.2, 0.25) is 0 Å². The van der Waals surface area contributed by atoms with Gasteiger partial charge in [-0.05, 0) is 103 Å². The molecular formula is C42H70O13. The van der Waals surface area contributed by atoms with Crippen molar-refractivity contribution in [1.82, 2.24) is 0 Å². The minimum absolute atomic E-state index is 0.0114. The lowest BCUT2D eigenvalue weighted by Gasteiger charge is -2.72. The normalized spacial score (nSPS) is 54.6. The Hall–Kier alpha value is -0.780. The van der Waals surface area contributed by atoms with Crippen molar-refractivity contribution in [3.05, 3.63) is 11.6 Å². The molecule has 316 valence electrons. The average Bonchev–Trinajstić information content (AvgIpc) is 3.13. The quantitative estimate of drug-likeness (QED) is 0.133. The Morgan fingerprint density at radius 3 is 1.75 bits per heavy atom. The number of ether oxygens (including phenoxy) is 4. The van der Waals surface area contributed by atoms with E-state index in [1.54, 1.807) is 0 Å². The molecule has 0 bridgehead atoms. The second-order valence-electron chi connectivity index (χ2n) is 20.8. The van der Waals surface area contributed by atoms with Crippen molar-refractivity contribution in [3.8, 4) is 0 Å². The molecule has 2 saturated heterocycles. The Labute approximate surface area is 326 Å². The third-order valence-corrected chi connectivity index (χ3v) is 17.4. The van der Waals surface area contributed by atoms with Crippen molar-refractivity contribution >= 4 is 0 Å². The predicted octanol–water partition coefficient (Wildman–Crippen LogP) is 1.76. The van der Waals surface area contributed by atoms with Crippen LogP contribution in [0.5, 0.6) is 0 Å². The number of hydrogen-bond acceptors (Lipinski definition) is 13. The third-order valence-electron chi connectivity index (χ3n) is 17.4. The number of aliphatic hydroxyl groups excluding tert-OH is 9. The van der Waals surface area contributed by atoms with Gasteiger partial charge in [-0.1, -0.05) is 60.1 Å². The van der Waals surface area contributed by atoms with E-state index in [4.69, 9.17) is 18.9 Å². The first-order valence-electron chi connectivity index (χ1n) is 20.9. The van der Waals surface area contributed by atoms with E-state index in [1.807, 2.05) is 0 Å². The fraction of sp³-hybridized carbons (Fsp3) is 0.952. The number of allylic oxidation sites excluding steroid dienone is 2. The molecule has 2 aliphatic heterocycles. The van der Waals surface area contributed by atoms with Crippen molar-refractivity contribution in [2.75, 3.05) is 19.8 Å². The average molecular weight is 783 g/mol. The van der Waals surface area contributed by atoms with E-state index in [-0.39, 0.29) is 57.5 Å². The maximum Gasteiger partial charge on any atom is 0.186 e. The minimum Gasteiger partial charge on any atom is -0.396 e. The van der Waals surface area contributed by atoms with Crippen molar-refractivity contribution in [1.29, 1.82) is 0 Å². The maximum absolute atomic E-state index is 11.4. The summed E-state index contributed by atoms with van der Waals surface area (Å²) in [5, 5.41) is 95.3. The Bertz CT molecular complexity index is 1440. The predicted molar refractivity (Wildman–Crippen MR) is 199 cm³/mol. The topological polar surface area (TPSA) is 219 Å². The van der Waals surface area contributed by atoms with Crippen LogP contribution < -0.4 is 0 Å². The number of aliphatic hydroxyl groups is 9. The standard InChI is InChI=1S/C42H70O13/c1-37(2)14-15-42(20-45)22(16-37)21-8-9-26-39(5)12-11-27(54-35-33(50)31(48)29(46)23(18-43)52-35)38(3,4)25(39)10-13-40(26,6)41(21,7)17-28(42)55-36-34(51)32(49)30(47)24(19-44)53-36/h8,22-36,43-51H,9-20H2,1-7H3/t22-,23+,24+,25-,26+,27-,28-,29+,30+,31-,32-,33+,34+,35-,36-,39-,40+,41+,42+/m0/s1. The lowest BCUT2D eigenvalue weighted by molar-refractivity contribution is -0.336. The zero-order chi connectivity index (χ0) is 40.3. The molecule has 2 heterocycles. The largest absolute Gasteiger partial charge is 0.396 e. The smallest absolute Gasteiger partial charge is 0.186 e. The molecule has 7 aliphatic rings. The summed E-state index contributed by atoms with van der Waals surface area (Å²) >= 11 is 0. The second kappa shape index (κ2) is 14.4. The summed E-state index contributed by atoms with van der Waals surface area (Å²) in [5.41, 5.74) is -0.202. The molecular weight excluding hydrogens is 712 g/mol. The molecule has 0 spiro atoms. The molecule has 0 radical (unpaired) electrons. The van der Waals surface area contributed by atoms with Gasteiger partial charge in [-0.25, -0.2) is 0 Å². The summed E-state index contributed by atoms with van der Waals surface area (Å²) in [6.45, 7) is 15.1. The molecule has 55 heavy (non-hydrogen) atoms. The first-order chi connectivity index (χ1) is 25.7. The van der Waals surface area contributed by atoms with Crippen molar-refractivity contribution < 1.29 is 64.9 Å². The molecule has 9 N–H and O–H groups in total. The zero-order valence-electron chi connectivity index (χ0n) is 33.9. The van der Waals surface area contributed by atoms with E-state index in [0.717, 1.165) is 44.9 Å². The number of hydrogen-bond donors (Lipinski definition) is 9. The first kappa shape index (κ1) is 42.3. The van der Waals surface area contributed by atoms with Crippen molar-refractivity contribution in [2.45, 2.75) is 180 Å². The van der Waals surface area contributed by atoms with Gasteiger partial charge in [0.2, 0.25) is 0 Å². The molecule has 7 rings (SSSR count). The summed E-state index contributed by atoms with van der Waals surface area (Å²) < 4.78 is 25.1. The maximum atomic E-state index is 11.4. The molecule has 0 unspecified atom stereocenters. The molecule has 0 aromatic carbocycles. The Kier molecular flexibility index (Phi) is 11.1. The van der Waals surface area contributed by atoms with E-state index in [9.17, 15) is 46.0 Å². The lowest BCUT2D eigenvalue weighted by Crippen LogP contribution is -2.68. The highest BCUT2D eigenvalue weighted by atomic mass is 16.7. The highest BCUT2D eigenvalue weighted by Crippen LogP contribution is 2.76. The van der Waals surface area contributed by atoms with Crippen LogP contribution in [0, 0.1) is 50.2 Å². The van der Waals surface area contributed by atoms with Crippen LogP contribution in [0.3, 0.4) is 0 Å². The zero-order valence-corrected chi connectivity index (χ0v) is 33.9. The van der Waals surface area contributed by atoms with Gasteiger partial charge in [-0.3, -0.25) is 0 Å². The fourth-order valence-corrected chi connectivity index (χ4v) is 13.8. The van der Waals surface area contributed by atoms with Crippen LogP contribution in [0.25, 0.3) is 0 Å². The monoisotopic (exact) mass is 782 g/mol. The van der Waals surface area contributed by atoms with Crippen LogP contribution in [-0.2, 0) is 18.9 Å². The number of fused-ring (bicyclic) bond motifs is 7. The molecule has 13 nitrogen and oxygen atoms in total. The Morgan fingerprint density at radius 1 is 0.636 bits per heavy atom.